The maximum Gasteiger partial charge on any atom is 0.416 e. The number of carbonyl (C=O) groups is 1. The molecule has 0 spiro atoms. The fourth-order valence-electron chi connectivity index (χ4n) is 2.81. The van der Waals surface area contributed by atoms with Crippen molar-refractivity contribution in [3.05, 3.63) is 69.1 Å². The Hall–Kier alpha value is -2.57. The van der Waals surface area contributed by atoms with Crippen molar-refractivity contribution >= 4 is 5.91 Å². The molecule has 0 unspecified atom stereocenters. The summed E-state index contributed by atoms with van der Waals surface area (Å²) in [5, 5.41) is 2.79. The van der Waals surface area contributed by atoms with E-state index in [9.17, 15) is 22.8 Å². The fourth-order valence-corrected chi connectivity index (χ4v) is 2.81. The van der Waals surface area contributed by atoms with Gasteiger partial charge in [0, 0.05) is 17.3 Å². The van der Waals surface area contributed by atoms with Gasteiger partial charge in [-0.25, -0.2) is 0 Å². The molecule has 4 nitrogen and oxygen atoms in total. The Kier molecular flexibility index (Phi) is 4.42. The monoisotopic (exact) mass is 364 g/mol. The number of hydrogen-bond donors (Lipinski definition) is 2. The molecule has 1 aliphatic carbocycles. The van der Waals surface area contributed by atoms with Crippen molar-refractivity contribution in [3.8, 4) is 0 Å². The molecule has 2 aromatic rings. The van der Waals surface area contributed by atoms with E-state index < -0.39 is 23.2 Å². The first-order chi connectivity index (χ1) is 12.1. The van der Waals surface area contributed by atoms with Crippen LogP contribution in [0.4, 0.5) is 13.2 Å². The molecule has 0 saturated heterocycles. The number of carbonyl (C=O) groups excluding carboxylic acids is 1. The van der Waals surface area contributed by atoms with Gasteiger partial charge in [-0.05, 0) is 56.4 Å². The van der Waals surface area contributed by atoms with Crippen LogP contribution in [-0.4, -0.2) is 10.9 Å². The summed E-state index contributed by atoms with van der Waals surface area (Å²) < 4.78 is 38.1. The van der Waals surface area contributed by atoms with Gasteiger partial charge in [0.15, 0.2) is 0 Å². The lowest BCUT2D eigenvalue weighted by atomic mass is 9.93. The first kappa shape index (κ1) is 18.2. The number of rotatable bonds is 4. The minimum absolute atomic E-state index is 0.246. The van der Waals surface area contributed by atoms with E-state index in [2.05, 4.69) is 10.3 Å². The van der Waals surface area contributed by atoms with Gasteiger partial charge in [-0.1, -0.05) is 12.1 Å². The van der Waals surface area contributed by atoms with Crippen molar-refractivity contribution < 1.29 is 18.0 Å². The Labute approximate surface area is 148 Å². The second-order valence-corrected chi connectivity index (χ2v) is 7.12. The average molecular weight is 364 g/mol. The summed E-state index contributed by atoms with van der Waals surface area (Å²) in [6.45, 7) is 3.39. The number of benzene rings is 1. The smallest absolute Gasteiger partial charge is 0.343 e. The molecule has 1 aromatic heterocycles. The standard InChI is InChI=1S/C19H19F3N2O2/c1-18(2,13-5-7-14(8-6-13)19(20,21)22)24-17(26)12-9-15(11-3-4-11)23-16(25)10-12/h5-11H,3-4H2,1-2H3,(H,23,25)(H,24,26). The van der Waals surface area contributed by atoms with Crippen LogP contribution in [0.3, 0.4) is 0 Å². The summed E-state index contributed by atoms with van der Waals surface area (Å²) in [6.07, 6.45) is -2.44. The van der Waals surface area contributed by atoms with Crippen LogP contribution in [-0.2, 0) is 11.7 Å². The Morgan fingerprint density at radius 1 is 1.08 bits per heavy atom. The van der Waals surface area contributed by atoms with Crippen LogP contribution in [0.5, 0.6) is 0 Å². The van der Waals surface area contributed by atoms with Crippen molar-refractivity contribution in [1.29, 1.82) is 0 Å². The van der Waals surface area contributed by atoms with Crippen LogP contribution in [0.1, 0.15) is 59.8 Å². The summed E-state index contributed by atoms with van der Waals surface area (Å²) >= 11 is 0. The molecule has 2 N–H and O–H groups in total. The number of aromatic amines is 1. The molecule has 1 amide bonds. The van der Waals surface area contributed by atoms with Gasteiger partial charge >= 0.3 is 6.18 Å². The van der Waals surface area contributed by atoms with E-state index in [1.807, 2.05) is 0 Å². The molecular weight excluding hydrogens is 345 g/mol. The molecule has 7 heteroatoms. The van der Waals surface area contributed by atoms with Crippen molar-refractivity contribution in [2.24, 2.45) is 0 Å². The van der Waals surface area contributed by atoms with Crippen LogP contribution in [0.15, 0.2) is 41.2 Å². The second-order valence-electron chi connectivity index (χ2n) is 7.12. The lowest BCUT2D eigenvalue weighted by molar-refractivity contribution is -0.137. The summed E-state index contributed by atoms with van der Waals surface area (Å²) in [4.78, 5) is 27.1. The van der Waals surface area contributed by atoms with Gasteiger partial charge in [0.05, 0.1) is 11.1 Å². The highest BCUT2D eigenvalue weighted by Gasteiger charge is 2.31. The van der Waals surface area contributed by atoms with Gasteiger partial charge in [0.25, 0.3) is 5.91 Å². The zero-order valence-corrected chi connectivity index (χ0v) is 14.4. The van der Waals surface area contributed by atoms with Crippen LogP contribution in [0.25, 0.3) is 0 Å². The number of pyridine rings is 1. The van der Waals surface area contributed by atoms with Crippen LogP contribution < -0.4 is 10.9 Å². The summed E-state index contributed by atoms with van der Waals surface area (Å²) in [7, 11) is 0. The van der Waals surface area contributed by atoms with Gasteiger partial charge in [-0.3, -0.25) is 9.59 Å². The third kappa shape index (κ3) is 3.98. The molecule has 138 valence electrons. The summed E-state index contributed by atoms with van der Waals surface area (Å²) in [6, 6.07) is 7.55. The molecule has 0 radical (unpaired) electrons. The lowest BCUT2D eigenvalue weighted by Gasteiger charge is -2.27. The normalized spacial score (nSPS) is 15.0. The molecular formula is C19H19F3N2O2. The topological polar surface area (TPSA) is 62.0 Å². The molecule has 1 aliphatic rings. The highest BCUT2D eigenvalue weighted by Crippen LogP contribution is 2.38. The Morgan fingerprint density at radius 2 is 1.65 bits per heavy atom. The second kappa shape index (κ2) is 6.30. The molecule has 1 aromatic carbocycles. The van der Waals surface area contributed by atoms with E-state index in [4.69, 9.17) is 0 Å². The van der Waals surface area contributed by atoms with Crippen molar-refractivity contribution in [1.82, 2.24) is 10.3 Å². The zero-order chi connectivity index (χ0) is 19.1. The van der Waals surface area contributed by atoms with Crippen molar-refractivity contribution in [3.63, 3.8) is 0 Å². The maximum absolute atomic E-state index is 12.7. The number of hydrogen-bond acceptors (Lipinski definition) is 2. The quantitative estimate of drug-likeness (QED) is 0.863. The van der Waals surface area contributed by atoms with Crippen LogP contribution in [0.2, 0.25) is 0 Å². The van der Waals surface area contributed by atoms with E-state index in [-0.39, 0.29) is 11.1 Å². The number of alkyl halides is 3. The molecule has 0 bridgehead atoms. The number of H-pyrrole nitrogens is 1. The predicted octanol–water partition coefficient (Wildman–Crippen LogP) is 3.94. The summed E-state index contributed by atoms with van der Waals surface area (Å²) in [5.41, 5.74) is -0.459. The molecule has 3 rings (SSSR count). The Balaban J connectivity index is 1.80. The molecule has 1 heterocycles. The molecule has 0 atom stereocenters. The van der Waals surface area contributed by atoms with Crippen LogP contribution in [0, 0.1) is 0 Å². The Morgan fingerprint density at radius 3 is 2.19 bits per heavy atom. The average Bonchev–Trinajstić information content (AvgIpc) is 3.38. The van der Waals surface area contributed by atoms with E-state index in [0.717, 1.165) is 30.7 Å². The molecule has 0 aliphatic heterocycles. The van der Waals surface area contributed by atoms with Gasteiger partial charge in [-0.2, -0.15) is 13.2 Å². The van der Waals surface area contributed by atoms with E-state index >= 15 is 0 Å². The summed E-state index contributed by atoms with van der Waals surface area (Å²) in [5.74, 6) is -0.152. The lowest BCUT2D eigenvalue weighted by Crippen LogP contribution is -2.41. The van der Waals surface area contributed by atoms with E-state index in [1.54, 1.807) is 19.9 Å². The highest BCUT2D eigenvalue weighted by atomic mass is 19.4. The van der Waals surface area contributed by atoms with E-state index in [1.165, 1.54) is 18.2 Å². The maximum atomic E-state index is 12.7. The van der Waals surface area contributed by atoms with Gasteiger partial charge < -0.3 is 10.3 Å². The number of amides is 1. The van der Waals surface area contributed by atoms with Gasteiger partial charge in [0.2, 0.25) is 5.56 Å². The zero-order valence-electron chi connectivity index (χ0n) is 14.4. The minimum atomic E-state index is -4.41. The third-order valence-electron chi connectivity index (χ3n) is 4.50. The minimum Gasteiger partial charge on any atom is -0.343 e. The number of halogens is 3. The highest BCUT2D eigenvalue weighted by molar-refractivity contribution is 5.94. The number of nitrogens with one attached hydrogen (secondary N) is 2. The van der Waals surface area contributed by atoms with Gasteiger partial charge in [0.1, 0.15) is 0 Å². The molecule has 26 heavy (non-hydrogen) atoms. The van der Waals surface area contributed by atoms with E-state index in [0.29, 0.717) is 11.5 Å². The van der Waals surface area contributed by atoms with Crippen molar-refractivity contribution in [2.45, 2.75) is 44.3 Å². The largest absolute Gasteiger partial charge is 0.416 e. The predicted molar refractivity (Wildman–Crippen MR) is 91.0 cm³/mol. The fraction of sp³-hybridized carbons (Fsp3) is 0.368. The third-order valence-corrected chi connectivity index (χ3v) is 4.50. The SMILES string of the molecule is CC(C)(NC(=O)c1cc(C2CC2)[nH]c(=O)c1)c1ccc(C(F)(F)F)cc1. The van der Waals surface area contributed by atoms with Gasteiger partial charge in [-0.15, -0.1) is 0 Å². The van der Waals surface area contributed by atoms with Crippen molar-refractivity contribution in [2.75, 3.05) is 0 Å². The number of aromatic nitrogens is 1. The Bertz CT molecular complexity index is 879. The first-order valence-corrected chi connectivity index (χ1v) is 8.31. The molecule has 1 saturated carbocycles. The molecule has 1 fully saturated rings. The van der Waals surface area contributed by atoms with Crippen LogP contribution >= 0.6 is 0 Å². The first-order valence-electron chi connectivity index (χ1n) is 8.31.